The third-order valence-corrected chi connectivity index (χ3v) is 4.37. The molecular formula is C17H25F. The van der Waals surface area contributed by atoms with E-state index in [-0.39, 0.29) is 5.82 Å². The summed E-state index contributed by atoms with van der Waals surface area (Å²) in [6.07, 6.45) is 7.16. The van der Waals surface area contributed by atoms with Crippen molar-refractivity contribution in [3.8, 4) is 0 Å². The second-order valence-corrected chi connectivity index (χ2v) is 5.89. The van der Waals surface area contributed by atoms with Crippen LogP contribution in [0.3, 0.4) is 0 Å². The topological polar surface area (TPSA) is 0 Å². The third kappa shape index (κ3) is 2.76. The van der Waals surface area contributed by atoms with E-state index in [1.54, 1.807) is 6.07 Å². The SMILES string of the molecule is CCCC(CCC)C1Cc2cc(C)cc(F)c2C1. The zero-order chi connectivity index (χ0) is 13.1. The first-order valence-corrected chi connectivity index (χ1v) is 7.43. The van der Waals surface area contributed by atoms with Gasteiger partial charge in [0, 0.05) is 0 Å². The lowest BCUT2D eigenvalue weighted by atomic mass is 9.83. The number of benzene rings is 1. The van der Waals surface area contributed by atoms with Crippen molar-refractivity contribution in [2.24, 2.45) is 11.8 Å². The summed E-state index contributed by atoms with van der Waals surface area (Å²) in [6.45, 7) is 6.51. The minimum Gasteiger partial charge on any atom is -0.207 e. The van der Waals surface area contributed by atoms with Crippen LogP contribution in [0.5, 0.6) is 0 Å². The summed E-state index contributed by atoms with van der Waals surface area (Å²) in [5.41, 5.74) is 3.34. The first-order valence-electron chi connectivity index (χ1n) is 7.43. The molecule has 0 bridgehead atoms. The number of halogens is 1. The van der Waals surface area contributed by atoms with E-state index in [9.17, 15) is 4.39 Å². The molecule has 0 nitrogen and oxygen atoms in total. The number of hydrogen-bond donors (Lipinski definition) is 0. The Morgan fingerprint density at radius 2 is 1.83 bits per heavy atom. The smallest absolute Gasteiger partial charge is 0.126 e. The van der Waals surface area contributed by atoms with Crippen LogP contribution in [-0.4, -0.2) is 0 Å². The molecule has 0 heterocycles. The summed E-state index contributed by atoms with van der Waals surface area (Å²) < 4.78 is 14.0. The van der Waals surface area contributed by atoms with Gasteiger partial charge in [-0.15, -0.1) is 0 Å². The minimum absolute atomic E-state index is 0.0271. The first-order chi connectivity index (χ1) is 8.65. The molecule has 1 aromatic carbocycles. The van der Waals surface area contributed by atoms with Crippen LogP contribution in [0, 0.1) is 24.6 Å². The number of hydrogen-bond acceptors (Lipinski definition) is 0. The van der Waals surface area contributed by atoms with Crippen LogP contribution in [0.15, 0.2) is 12.1 Å². The van der Waals surface area contributed by atoms with Crippen molar-refractivity contribution in [1.82, 2.24) is 0 Å². The van der Waals surface area contributed by atoms with E-state index in [1.165, 1.54) is 31.2 Å². The van der Waals surface area contributed by atoms with Gasteiger partial charge in [0.15, 0.2) is 0 Å². The molecule has 1 heteroatoms. The minimum atomic E-state index is 0.0271. The largest absolute Gasteiger partial charge is 0.207 e. The fourth-order valence-electron chi connectivity index (χ4n) is 3.56. The van der Waals surface area contributed by atoms with E-state index in [1.807, 2.05) is 6.92 Å². The summed E-state index contributed by atoms with van der Waals surface area (Å²) in [6, 6.07) is 3.88. The molecule has 0 spiro atoms. The maximum Gasteiger partial charge on any atom is 0.126 e. The number of aryl methyl sites for hydroxylation is 1. The predicted octanol–water partition coefficient (Wildman–Crippen LogP) is 5.07. The molecule has 0 aromatic heterocycles. The van der Waals surface area contributed by atoms with Crippen LogP contribution in [0.25, 0.3) is 0 Å². The van der Waals surface area contributed by atoms with Gasteiger partial charge < -0.3 is 0 Å². The quantitative estimate of drug-likeness (QED) is 0.683. The molecule has 0 N–H and O–H groups in total. The summed E-state index contributed by atoms with van der Waals surface area (Å²) in [7, 11) is 0. The third-order valence-electron chi connectivity index (χ3n) is 4.37. The van der Waals surface area contributed by atoms with Crippen molar-refractivity contribution in [2.75, 3.05) is 0 Å². The van der Waals surface area contributed by atoms with Crippen molar-refractivity contribution in [2.45, 2.75) is 59.3 Å². The van der Waals surface area contributed by atoms with Gasteiger partial charge in [0.25, 0.3) is 0 Å². The highest BCUT2D eigenvalue weighted by Gasteiger charge is 2.29. The molecule has 0 saturated heterocycles. The van der Waals surface area contributed by atoms with Gasteiger partial charge in [-0.3, -0.25) is 0 Å². The van der Waals surface area contributed by atoms with E-state index < -0.39 is 0 Å². The van der Waals surface area contributed by atoms with Crippen LogP contribution >= 0.6 is 0 Å². The van der Waals surface area contributed by atoms with Crippen LogP contribution in [0.2, 0.25) is 0 Å². The lowest BCUT2D eigenvalue weighted by Gasteiger charge is -2.22. The van der Waals surface area contributed by atoms with Crippen molar-refractivity contribution < 1.29 is 4.39 Å². The normalized spacial score (nSPS) is 18.4. The van der Waals surface area contributed by atoms with Crippen LogP contribution < -0.4 is 0 Å². The van der Waals surface area contributed by atoms with E-state index in [4.69, 9.17) is 0 Å². The Hall–Kier alpha value is -0.850. The van der Waals surface area contributed by atoms with E-state index in [2.05, 4.69) is 19.9 Å². The van der Waals surface area contributed by atoms with Crippen LogP contribution in [0.1, 0.15) is 56.2 Å². The van der Waals surface area contributed by atoms with Crippen LogP contribution in [-0.2, 0) is 12.8 Å². The Morgan fingerprint density at radius 1 is 1.17 bits per heavy atom. The van der Waals surface area contributed by atoms with Gasteiger partial charge >= 0.3 is 0 Å². The van der Waals surface area contributed by atoms with Gasteiger partial charge in [-0.1, -0.05) is 45.6 Å². The van der Waals surface area contributed by atoms with Gasteiger partial charge in [0.1, 0.15) is 5.82 Å². The molecule has 0 saturated carbocycles. The molecule has 0 fully saturated rings. The average molecular weight is 248 g/mol. The molecular weight excluding hydrogens is 223 g/mol. The summed E-state index contributed by atoms with van der Waals surface area (Å²) in [4.78, 5) is 0. The molecule has 0 aliphatic heterocycles. The zero-order valence-corrected chi connectivity index (χ0v) is 11.9. The highest BCUT2D eigenvalue weighted by molar-refractivity contribution is 5.37. The molecule has 1 aliphatic rings. The summed E-state index contributed by atoms with van der Waals surface area (Å²) in [5.74, 6) is 1.49. The maximum atomic E-state index is 14.0. The lowest BCUT2D eigenvalue weighted by Crippen LogP contribution is -2.15. The highest BCUT2D eigenvalue weighted by Crippen LogP contribution is 2.37. The van der Waals surface area contributed by atoms with Crippen LogP contribution in [0.4, 0.5) is 4.39 Å². The molecule has 1 unspecified atom stereocenters. The summed E-state index contributed by atoms with van der Waals surface area (Å²) >= 11 is 0. The molecule has 1 aliphatic carbocycles. The second-order valence-electron chi connectivity index (χ2n) is 5.89. The molecule has 1 atom stereocenters. The Morgan fingerprint density at radius 3 is 2.44 bits per heavy atom. The van der Waals surface area contributed by atoms with E-state index in [0.717, 1.165) is 29.9 Å². The Bertz CT molecular complexity index is 402. The van der Waals surface area contributed by atoms with Gasteiger partial charge in [0.05, 0.1) is 0 Å². The Balaban J connectivity index is 2.15. The Kier molecular flexibility index (Phi) is 4.42. The van der Waals surface area contributed by atoms with Crippen molar-refractivity contribution >= 4 is 0 Å². The van der Waals surface area contributed by atoms with Gasteiger partial charge in [-0.05, 0) is 54.4 Å². The summed E-state index contributed by atoms with van der Waals surface area (Å²) in [5, 5.41) is 0. The average Bonchev–Trinajstić information content (AvgIpc) is 2.72. The van der Waals surface area contributed by atoms with E-state index >= 15 is 0 Å². The van der Waals surface area contributed by atoms with Gasteiger partial charge in [0.2, 0.25) is 0 Å². The van der Waals surface area contributed by atoms with Crippen molar-refractivity contribution in [3.05, 3.63) is 34.6 Å². The van der Waals surface area contributed by atoms with E-state index in [0.29, 0.717) is 5.92 Å². The molecule has 100 valence electrons. The zero-order valence-electron chi connectivity index (χ0n) is 11.9. The van der Waals surface area contributed by atoms with Crippen molar-refractivity contribution in [1.29, 1.82) is 0 Å². The molecule has 18 heavy (non-hydrogen) atoms. The molecule has 0 amide bonds. The van der Waals surface area contributed by atoms with Crippen molar-refractivity contribution in [3.63, 3.8) is 0 Å². The fraction of sp³-hybridized carbons (Fsp3) is 0.647. The fourth-order valence-corrected chi connectivity index (χ4v) is 3.56. The highest BCUT2D eigenvalue weighted by atomic mass is 19.1. The lowest BCUT2D eigenvalue weighted by molar-refractivity contribution is 0.298. The number of fused-ring (bicyclic) bond motifs is 1. The van der Waals surface area contributed by atoms with Gasteiger partial charge in [-0.25, -0.2) is 4.39 Å². The van der Waals surface area contributed by atoms with Gasteiger partial charge in [-0.2, -0.15) is 0 Å². The first kappa shape index (κ1) is 13.6. The number of rotatable bonds is 5. The second kappa shape index (κ2) is 5.86. The standard InChI is InChI=1S/C17H25F/c1-4-6-13(7-5-2)14-10-15-8-12(3)9-17(18)16(15)11-14/h8-9,13-14H,4-7,10-11H2,1-3H3. The molecule has 2 rings (SSSR count). The molecule has 1 aromatic rings. The molecule has 0 radical (unpaired) electrons. The Labute approximate surface area is 111 Å². The predicted molar refractivity (Wildman–Crippen MR) is 75.3 cm³/mol. The maximum absolute atomic E-state index is 14.0. The monoisotopic (exact) mass is 248 g/mol.